The van der Waals surface area contributed by atoms with Gasteiger partial charge in [-0.1, -0.05) is 43.7 Å². The van der Waals surface area contributed by atoms with Crippen molar-refractivity contribution in [3.8, 4) is 11.5 Å². The summed E-state index contributed by atoms with van der Waals surface area (Å²) in [5, 5.41) is 2.85. The van der Waals surface area contributed by atoms with E-state index in [1.165, 1.54) is 0 Å². The van der Waals surface area contributed by atoms with Crippen LogP contribution in [0.4, 0.5) is 0 Å². The van der Waals surface area contributed by atoms with Gasteiger partial charge in [-0.05, 0) is 36.2 Å². The van der Waals surface area contributed by atoms with E-state index < -0.39 is 6.04 Å². The third kappa shape index (κ3) is 4.90. The van der Waals surface area contributed by atoms with Crippen LogP contribution in [0.2, 0.25) is 0 Å². The van der Waals surface area contributed by atoms with Gasteiger partial charge in [-0.3, -0.25) is 4.79 Å². The number of hydrogen-bond acceptors (Lipinski definition) is 3. The maximum Gasteiger partial charge on any atom is 0.237 e. The highest BCUT2D eigenvalue weighted by Gasteiger charge is 2.11. The van der Waals surface area contributed by atoms with Crippen molar-refractivity contribution in [2.75, 3.05) is 0 Å². The van der Waals surface area contributed by atoms with Crippen molar-refractivity contribution in [2.24, 2.45) is 5.73 Å². The van der Waals surface area contributed by atoms with Gasteiger partial charge in [-0.2, -0.15) is 0 Å². The zero-order chi connectivity index (χ0) is 15.8. The van der Waals surface area contributed by atoms with E-state index in [9.17, 15) is 4.79 Å². The van der Waals surface area contributed by atoms with E-state index >= 15 is 0 Å². The molecule has 22 heavy (non-hydrogen) atoms. The number of ether oxygens (including phenoxy) is 1. The smallest absolute Gasteiger partial charge is 0.237 e. The lowest BCUT2D eigenvalue weighted by Crippen LogP contribution is -2.40. The molecule has 0 aliphatic rings. The Morgan fingerprint density at radius 1 is 1.09 bits per heavy atom. The number of nitrogens with two attached hydrogens (primary N) is 1. The molecule has 0 fully saturated rings. The summed E-state index contributed by atoms with van der Waals surface area (Å²) in [5.41, 5.74) is 6.78. The highest BCUT2D eigenvalue weighted by molar-refractivity contribution is 5.81. The van der Waals surface area contributed by atoms with Crippen LogP contribution in [0.5, 0.6) is 11.5 Å². The maximum atomic E-state index is 11.8. The average Bonchev–Trinajstić information content (AvgIpc) is 2.55. The average molecular weight is 298 g/mol. The van der Waals surface area contributed by atoms with Crippen LogP contribution in [0.1, 0.15) is 25.3 Å². The molecule has 1 unspecified atom stereocenters. The van der Waals surface area contributed by atoms with Crippen molar-refractivity contribution in [1.29, 1.82) is 0 Å². The second-order valence-corrected chi connectivity index (χ2v) is 5.17. The van der Waals surface area contributed by atoms with E-state index in [1.807, 2.05) is 61.5 Å². The SMILES string of the molecule is CCCC(N)C(=O)NCc1ccc(Oc2ccccc2)cc1. The Bertz CT molecular complexity index is 582. The fraction of sp³-hybridized carbons (Fsp3) is 0.278. The van der Waals surface area contributed by atoms with Crippen molar-refractivity contribution in [3.05, 3.63) is 60.2 Å². The molecule has 4 heteroatoms. The van der Waals surface area contributed by atoms with Crippen LogP contribution in [0, 0.1) is 0 Å². The van der Waals surface area contributed by atoms with E-state index in [-0.39, 0.29) is 5.91 Å². The van der Waals surface area contributed by atoms with E-state index in [1.54, 1.807) is 0 Å². The molecule has 3 N–H and O–H groups in total. The fourth-order valence-corrected chi connectivity index (χ4v) is 2.06. The van der Waals surface area contributed by atoms with Crippen molar-refractivity contribution in [2.45, 2.75) is 32.4 Å². The lowest BCUT2D eigenvalue weighted by Gasteiger charge is -2.11. The second-order valence-electron chi connectivity index (χ2n) is 5.17. The number of amides is 1. The first-order valence-corrected chi connectivity index (χ1v) is 7.54. The number of carbonyl (C=O) groups is 1. The zero-order valence-electron chi connectivity index (χ0n) is 12.8. The van der Waals surface area contributed by atoms with E-state index in [2.05, 4.69) is 5.32 Å². The van der Waals surface area contributed by atoms with Gasteiger partial charge in [0.15, 0.2) is 0 Å². The third-order valence-electron chi connectivity index (χ3n) is 3.31. The van der Waals surface area contributed by atoms with Gasteiger partial charge in [0.2, 0.25) is 5.91 Å². The van der Waals surface area contributed by atoms with Crippen molar-refractivity contribution >= 4 is 5.91 Å². The molecule has 2 rings (SSSR count). The Balaban J connectivity index is 1.85. The van der Waals surface area contributed by atoms with Crippen LogP contribution in [0.15, 0.2) is 54.6 Å². The molecule has 0 heterocycles. The van der Waals surface area contributed by atoms with Gasteiger partial charge in [0, 0.05) is 6.54 Å². The quantitative estimate of drug-likeness (QED) is 0.825. The molecule has 116 valence electrons. The van der Waals surface area contributed by atoms with E-state index in [0.717, 1.165) is 23.5 Å². The standard InChI is InChI=1S/C18H22N2O2/c1-2-6-17(19)18(21)20-13-14-9-11-16(12-10-14)22-15-7-4-3-5-8-15/h3-5,7-12,17H,2,6,13,19H2,1H3,(H,20,21). The molecular formula is C18H22N2O2. The van der Waals surface area contributed by atoms with Gasteiger partial charge in [-0.15, -0.1) is 0 Å². The molecule has 1 atom stereocenters. The minimum Gasteiger partial charge on any atom is -0.457 e. The summed E-state index contributed by atoms with van der Waals surface area (Å²) >= 11 is 0. The Labute approximate surface area is 131 Å². The summed E-state index contributed by atoms with van der Waals surface area (Å²) in [4.78, 5) is 11.8. The molecule has 0 saturated carbocycles. The number of carbonyl (C=O) groups excluding carboxylic acids is 1. The van der Waals surface area contributed by atoms with E-state index in [4.69, 9.17) is 10.5 Å². The number of para-hydroxylation sites is 1. The van der Waals surface area contributed by atoms with Gasteiger partial charge in [0.05, 0.1) is 6.04 Å². The maximum absolute atomic E-state index is 11.8. The van der Waals surface area contributed by atoms with E-state index in [0.29, 0.717) is 13.0 Å². The first-order chi connectivity index (χ1) is 10.7. The third-order valence-corrected chi connectivity index (χ3v) is 3.31. The number of hydrogen-bond donors (Lipinski definition) is 2. The lowest BCUT2D eigenvalue weighted by molar-refractivity contribution is -0.122. The molecular weight excluding hydrogens is 276 g/mol. The molecule has 0 radical (unpaired) electrons. The second kappa shape index (κ2) is 8.20. The summed E-state index contributed by atoms with van der Waals surface area (Å²) in [7, 11) is 0. The first-order valence-electron chi connectivity index (χ1n) is 7.54. The van der Waals surface area contributed by atoms with Gasteiger partial charge < -0.3 is 15.8 Å². The van der Waals surface area contributed by atoms with Crippen LogP contribution in [-0.4, -0.2) is 11.9 Å². The summed E-state index contributed by atoms with van der Waals surface area (Å²) in [6.45, 7) is 2.49. The van der Waals surface area contributed by atoms with Crippen LogP contribution >= 0.6 is 0 Å². The minimum absolute atomic E-state index is 0.105. The molecule has 0 bridgehead atoms. The molecule has 0 spiro atoms. The van der Waals surface area contributed by atoms with Crippen LogP contribution < -0.4 is 15.8 Å². The number of nitrogens with one attached hydrogen (secondary N) is 1. The lowest BCUT2D eigenvalue weighted by atomic mass is 10.1. The summed E-state index contributed by atoms with van der Waals surface area (Å²) in [6.07, 6.45) is 1.61. The monoisotopic (exact) mass is 298 g/mol. The zero-order valence-corrected chi connectivity index (χ0v) is 12.8. The molecule has 0 aliphatic heterocycles. The Kier molecular flexibility index (Phi) is 5.98. The Morgan fingerprint density at radius 2 is 1.73 bits per heavy atom. The predicted molar refractivity (Wildman–Crippen MR) is 87.7 cm³/mol. The molecule has 4 nitrogen and oxygen atoms in total. The van der Waals surface area contributed by atoms with Crippen LogP contribution in [-0.2, 0) is 11.3 Å². The number of benzene rings is 2. The highest BCUT2D eigenvalue weighted by atomic mass is 16.5. The van der Waals surface area contributed by atoms with Gasteiger partial charge in [0.1, 0.15) is 11.5 Å². The molecule has 2 aromatic carbocycles. The summed E-state index contributed by atoms with van der Waals surface area (Å²) < 4.78 is 5.72. The van der Waals surface area contributed by atoms with Crippen molar-refractivity contribution in [3.63, 3.8) is 0 Å². The van der Waals surface area contributed by atoms with Gasteiger partial charge in [-0.25, -0.2) is 0 Å². The first kappa shape index (κ1) is 16.0. The van der Waals surface area contributed by atoms with Crippen molar-refractivity contribution < 1.29 is 9.53 Å². The molecule has 1 amide bonds. The highest BCUT2D eigenvalue weighted by Crippen LogP contribution is 2.21. The molecule has 2 aromatic rings. The van der Waals surface area contributed by atoms with Crippen LogP contribution in [0.3, 0.4) is 0 Å². The Hall–Kier alpha value is -2.33. The molecule has 0 aliphatic carbocycles. The van der Waals surface area contributed by atoms with Crippen molar-refractivity contribution in [1.82, 2.24) is 5.32 Å². The fourth-order valence-electron chi connectivity index (χ4n) is 2.06. The topological polar surface area (TPSA) is 64.4 Å². The van der Waals surface area contributed by atoms with Gasteiger partial charge >= 0.3 is 0 Å². The largest absolute Gasteiger partial charge is 0.457 e. The summed E-state index contributed by atoms with van der Waals surface area (Å²) in [6, 6.07) is 16.8. The van der Waals surface area contributed by atoms with Gasteiger partial charge in [0.25, 0.3) is 0 Å². The molecule has 0 saturated heterocycles. The normalized spacial score (nSPS) is 11.7. The number of rotatable bonds is 7. The van der Waals surface area contributed by atoms with Crippen LogP contribution in [0.25, 0.3) is 0 Å². The summed E-state index contributed by atoms with van der Waals surface area (Å²) in [5.74, 6) is 1.46. The molecule has 0 aromatic heterocycles. The minimum atomic E-state index is -0.425. The Morgan fingerprint density at radius 3 is 2.36 bits per heavy atom. The predicted octanol–water partition coefficient (Wildman–Crippen LogP) is 3.22.